The van der Waals surface area contributed by atoms with Gasteiger partial charge in [0.25, 0.3) is 0 Å². The minimum atomic E-state index is -0.461. The van der Waals surface area contributed by atoms with Crippen molar-refractivity contribution >= 4 is 27.6 Å². The molecule has 2 heterocycles. The van der Waals surface area contributed by atoms with Crippen LogP contribution in [-0.4, -0.2) is 28.1 Å². The summed E-state index contributed by atoms with van der Waals surface area (Å²) in [5.74, 6) is 0. The van der Waals surface area contributed by atoms with E-state index in [0.29, 0.717) is 0 Å². The van der Waals surface area contributed by atoms with Gasteiger partial charge in [-0.25, -0.2) is 9.78 Å². The van der Waals surface area contributed by atoms with Crippen LogP contribution in [0, 0.1) is 0 Å². The Bertz CT molecular complexity index is 627. The Balaban J connectivity index is 1.85. The van der Waals surface area contributed by atoms with Gasteiger partial charge in [0.15, 0.2) is 0 Å². The second kappa shape index (κ2) is 5.30. The fraction of sp³-hybridized carbons (Fsp3) is 0.500. The zero-order chi connectivity index (χ0) is 15.0. The number of hydrogen-bond donors (Lipinski definition) is 0. The lowest BCUT2D eigenvalue weighted by atomic mass is 10.2. The number of amides is 1. The first-order valence-corrected chi connectivity index (χ1v) is 8.11. The van der Waals surface area contributed by atoms with E-state index < -0.39 is 5.60 Å². The van der Waals surface area contributed by atoms with Crippen LogP contribution >= 0.6 is 11.3 Å². The largest absolute Gasteiger partial charge is 0.444 e. The molecule has 0 radical (unpaired) electrons. The first-order chi connectivity index (χ1) is 9.94. The van der Waals surface area contributed by atoms with Gasteiger partial charge in [0.05, 0.1) is 16.3 Å². The Kier molecular flexibility index (Phi) is 3.61. The minimum absolute atomic E-state index is 0.0530. The molecule has 21 heavy (non-hydrogen) atoms. The van der Waals surface area contributed by atoms with Crippen molar-refractivity contribution in [2.75, 3.05) is 6.54 Å². The third-order valence-corrected chi connectivity index (χ3v) is 4.61. The Morgan fingerprint density at radius 3 is 2.86 bits per heavy atom. The molecule has 4 nitrogen and oxygen atoms in total. The summed E-state index contributed by atoms with van der Waals surface area (Å²) in [4.78, 5) is 18.9. The van der Waals surface area contributed by atoms with E-state index in [2.05, 4.69) is 6.07 Å². The number of aromatic nitrogens is 1. The van der Waals surface area contributed by atoms with Crippen LogP contribution in [0.3, 0.4) is 0 Å². The molecule has 5 heteroatoms. The normalized spacial score (nSPS) is 19.2. The number of carbonyl (C=O) groups excluding carboxylic acids is 1. The second-order valence-electron chi connectivity index (χ2n) is 6.35. The van der Waals surface area contributed by atoms with Gasteiger partial charge in [0.1, 0.15) is 10.6 Å². The van der Waals surface area contributed by atoms with Crippen molar-refractivity contribution in [1.29, 1.82) is 0 Å². The van der Waals surface area contributed by atoms with Crippen LogP contribution in [0.2, 0.25) is 0 Å². The van der Waals surface area contributed by atoms with Crippen LogP contribution in [-0.2, 0) is 4.74 Å². The molecule has 3 rings (SSSR count). The van der Waals surface area contributed by atoms with Crippen LogP contribution in [0.25, 0.3) is 10.2 Å². The first-order valence-electron chi connectivity index (χ1n) is 7.29. The van der Waals surface area contributed by atoms with Crippen molar-refractivity contribution < 1.29 is 9.53 Å². The van der Waals surface area contributed by atoms with Gasteiger partial charge in [0.2, 0.25) is 0 Å². The van der Waals surface area contributed by atoms with Crippen molar-refractivity contribution in [3.05, 3.63) is 29.3 Å². The molecule has 1 aromatic heterocycles. The van der Waals surface area contributed by atoms with E-state index in [1.165, 1.54) is 4.70 Å². The zero-order valence-corrected chi connectivity index (χ0v) is 13.4. The molecule has 2 aromatic rings. The standard InChI is InChI=1S/C16H20N2O2S/c1-16(2,3)20-15(19)18-10-6-8-12(18)14-17-11-7-4-5-9-13(11)21-14/h4-5,7,9,12H,6,8,10H2,1-3H3. The van der Waals surface area contributed by atoms with Gasteiger partial charge in [-0.15, -0.1) is 11.3 Å². The lowest BCUT2D eigenvalue weighted by Crippen LogP contribution is -2.36. The highest BCUT2D eigenvalue weighted by molar-refractivity contribution is 7.18. The van der Waals surface area contributed by atoms with Crippen molar-refractivity contribution in [1.82, 2.24) is 9.88 Å². The van der Waals surface area contributed by atoms with Gasteiger partial charge in [-0.2, -0.15) is 0 Å². The summed E-state index contributed by atoms with van der Waals surface area (Å²) in [6.07, 6.45) is 1.73. The Hall–Kier alpha value is -1.62. The minimum Gasteiger partial charge on any atom is -0.444 e. The topological polar surface area (TPSA) is 42.4 Å². The van der Waals surface area contributed by atoms with Gasteiger partial charge in [-0.3, -0.25) is 4.90 Å². The molecule has 1 aromatic carbocycles. The summed E-state index contributed by atoms with van der Waals surface area (Å²) in [7, 11) is 0. The summed E-state index contributed by atoms with van der Waals surface area (Å²) in [6, 6.07) is 8.15. The Morgan fingerprint density at radius 1 is 1.38 bits per heavy atom. The summed E-state index contributed by atoms with van der Waals surface area (Å²) in [6.45, 7) is 6.44. The van der Waals surface area contributed by atoms with Crippen LogP contribution in [0.4, 0.5) is 4.79 Å². The van der Waals surface area contributed by atoms with Crippen LogP contribution in [0.1, 0.15) is 44.7 Å². The lowest BCUT2D eigenvalue weighted by molar-refractivity contribution is 0.0224. The molecule has 1 aliphatic rings. The monoisotopic (exact) mass is 304 g/mol. The van der Waals surface area contributed by atoms with Gasteiger partial charge < -0.3 is 4.74 Å². The average molecular weight is 304 g/mol. The number of fused-ring (bicyclic) bond motifs is 1. The number of para-hydroxylation sites is 1. The molecule has 1 amide bonds. The van der Waals surface area contributed by atoms with E-state index in [0.717, 1.165) is 29.9 Å². The maximum Gasteiger partial charge on any atom is 0.410 e. The number of likely N-dealkylation sites (tertiary alicyclic amines) is 1. The van der Waals surface area contributed by atoms with Gasteiger partial charge in [-0.1, -0.05) is 12.1 Å². The predicted molar refractivity (Wildman–Crippen MR) is 84.5 cm³/mol. The summed E-state index contributed by atoms with van der Waals surface area (Å²) >= 11 is 1.67. The van der Waals surface area contributed by atoms with Crippen molar-refractivity contribution in [2.24, 2.45) is 0 Å². The molecule has 1 fully saturated rings. The number of nitrogens with zero attached hydrogens (tertiary/aromatic N) is 2. The van der Waals surface area contributed by atoms with Crippen LogP contribution in [0.5, 0.6) is 0 Å². The number of rotatable bonds is 1. The number of ether oxygens (including phenoxy) is 1. The van der Waals surface area contributed by atoms with Crippen molar-refractivity contribution in [2.45, 2.75) is 45.3 Å². The summed E-state index contributed by atoms with van der Waals surface area (Å²) in [5, 5.41) is 1.01. The van der Waals surface area contributed by atoms with E-state index >= 15 is 0 Å². The highest BCUT2D eigenvalue weighted by Gasteiger charge is 2.34. The molecule has 0 aliphatic carbocycles. The van der Waals surface area contributed by atoms with E-state index in [1.807, 2.05) is 43.9 Å². The average Bonchev–Trinajstić information content (AvgIpc) is 3.02. The molecule has 112 valence electrons. The SMILES string of the molecule is CC(C)(C)OC(=O)N1CCCC1c1nc2ccccc2s1. The molecule has 0 N–H and O–H groups in total. The predicted octanol–water partition coefficient (Wildman–Crippen LogP) is 4.37. The first kappa shape index (κ1) is 14.3. The van der Waals surface area contributed by atoms with E-state index in [9.17, 15) is 4.79 Å². The number of thiazole rings is 1. The number of hydrogen-bond acceptors (Lipinski definition) is 4. The highest BCUT2D eigenvalue weighted by Crippen LogP contribution is 2.37. The third kappa shape index (κ3) is 3.02. The second-order valence-corrected chi connectivity index (χ2v) is 7.41. The van der Waals surface area contributed by atoms with E-state index in [1.54, 1.807) is 11.3 Å². The lowest BCUT2D eigenvalue weighted by Gasteiger charge is -2.27. The van der Waals surface area contributed by atoms with Crippen LogP contribution in [0.15, 0.2) is 24.3 Å². The molecule has 1 aliphatic heterocycles. The molecule has 0 spiro atoms. The third-order valence-electron chi connectivity index (χ3n) is 3.48. The Labute approximate surface area is 128 Å². The molecular formula is C16H20N2O2S. The maximum absolute atomic E-state index is 12.3. The fourth-order valence-electron chi connectivity index (χ4n) is 2.60. The van der Waals surface area contributed by atoms with Gasteiger partial charge >= 0.3 is 6.09 Å². The number of benzene rings is 1. The van der Waals surface area contributed by atoms with E-state index in [-0.39, 0.29) is 12.1 Å². The smallest absolute Gasteiger partial charge is 0.410 e. The molecule has 1 saturated heterocycles. The molecule has 1 atom stereocenters. The number of carbonyl (C=O) groups is 1. The molecule has 1 unspecified atom stereocenters. The van der Waals surface area contributed by atoms with Crippen molar-refractivity contribution in [3.63, 3.8) is 0 Å². The summed E-state index contributed by atoms with van der Waals surface area (Å²) < 4.78 is 6.68. The maximum atomic E-state index is 12.3. The van der Waals surface area contributed by atoms with Gasteiger partial charge in [-0.05, 0) is 45.7 Å². The Morgan fingerprint density at radius 2 is 2.14 bits per heavy atom. The van der Waals surface area contributed by atoms with E-state index in [4.69, 9.17) is 9.72 Å². The highest BCUT2D eigenvalue weighted by atomic mass is 32.1. The molecule has 0 bridgehead atoms. The van der Waals surface area contributed by atoms with Gasteiger partial charge in [0, 0.05) is 6.54 Å². The zero-order valence-electron chi connectivity index (χ0n) is 12.6. The molecular weight excluding hydrogens is 284 g/mol. The fourth-order valence-corrected chi connectivity index (χ4v) is 3.71. The summed E-state index contributed by atoms with van der Waals surface area (Å²) in [5.41, 5.74) is 0.547. The molecule has 0 saturated carbocycles. The van der Waals surface area contributed by atoms with Crippen molar-refractivity contribution in [3.8, 4) is 0 Å². The van der Waals surface area contributed by atoms with Crippen LogP contribution < -0.4 is 0 Å². The quantitative estimate of drug-likeness (QED) is 0.785.